The Morgan fingerprint density at radius 3 is 2.68 bits per heavy atom. The van der Waals surface area contributed by atoms with Crippen molar-refractivity contribution in [2.45, 2.75) is 13.0 Å². The number of hydrogen-bond donors (Lipinski definition) is 0. The van der Waals surface area contributed by atoms with E-state index in [0.29, 0.717) is 12.6 Å². The van der Waals surface area contributed by atoms with Crippen molar-refractivity contribution >= 4 is 0 Å². The quantitative estimate of drug-likeness (QED) is 0.774. The Bertz CT molecular complexity index is 447. The summed E-state index contributed by atoms with van der Waals surface area (Å²) in [4.78, 5) is 4.66. The van der Waals surface area contributed by atoms with Crippen LogP contribution in [-0.2, 0) is 0 Å². The minimum absolute atomic E-state index is 0.388. The van der Waals surface area contributed by atoms with Gasteiger partial charge in [-0.25, -0.2) is 0 Å². The molecule has 1 atom stereocenters. The van der Waals surface area contributed by atoms with Crippen LogP contribution < -0.4 is 4.74 Å². The minimum atomic E-state index is 0.388. The molecule has 1 fully saturated rings. The molecule has 0 aromatic heterocycles. The highest BCUT2D eigenvalue weighted by Crippen LogP contribution is 2.24. The van der Waals surface area contributed by atoms with Crippen LogP contribution in [0, 0.1) is 11.3 Å². The zero-order valence-electron chi connectivity index (χ0n) is 11.7. The molecule has 1 saturated heterocycles. The minimum Gasteiger partial charge on any atom is -0.497 e. The Kier molecular flexibility index (Phi) is 4.78. The summed E-state index contributed by atoms with van der Waals surface area (Å²) < 4.78 is 5.28. The van der Waals surface area contributed by atoms with E-state index in [1.165, 1.54) is 5.56 Å². The van der Waals surface area contributed by atoms with Crippen molar-refractivity contribution in [3.8, 4) is 11.8 Å². The first kappa shape index (κ1) is 13.9. The largest absolute Gasteiger partial charge is 0.497 e. The van der Waals surface area contributed by atoms with E-state index in [-0.39, 0.29) is 0 Å². The fourth-order valence-electron chi connectivity index (χ4n) is 2.52. The smallest absolute Gasteiger partial charge is 0.119 e. The van der Waals surface area contributed by atoms with Crippen molar-refractivity contribution in [3.63, 3.8) is 0 Å². The first-order valence-corrected chi connectivity index (χ1v) is 6.72. The molecule has 1 heterocycles. The van der Waals surface area contributed by atoms with Crippen molar-refractivity contribution in [2.24, 2.45) is 0 Å². The molecule has 0 N–H and O–H groups in total. The number of hydrogen-bond acceptors (Lipinski definition) is 4. The molecule has 102 valence electrons. The van der Waals surface area contributed by atoms with Crippen LogP contribution in [0.25, 0.3) is 0 Å². The van der Waals surface area contributed by atoms with Crippen molar-refractivity contribution in [1.29, 1.82) is 5.26 Å². The van der Waals surface area contributed by atoms with Crippen LogP contribution in [0.3, 0.4) is 0 Å². The number of nitrogens with zero attached hydrogens (tertiary/aromatic N) is 3. The third kappa shape index (κ3) is 3.46. The van der Waals surface area contributed by atoms with Crippen molar-refractivity contribution < 1.29 is 4.74 Å². The zero-order valence-corrected chi connectivity index (χ0v) is 11.7. The Morgan fingerprint density at radius 1 is 1.32 bits per heavy atom. The summed E-state index contributed by atoms with van der Waals surface area (Å²) in [6.07, 6.45) is 0. The van der Waals surface area contributed by atoms with Gasteiger partial charge in [0.25, 0.3) is 0 Å². The van der Waals surface area contributed by atoms with E-state index in [1.807, 2.05) is 12.1 Å². The monoisotopic (exact) mass is 259 g/mol. The van der Waals surface area contributed by atoms with Gasteiger partial charge in [-0.15, -0.1) is 0 Å². The lowest BCUT2D eigenvalue weighted by atomic mass is 10.1. The second-order valence-electron chi connectivity index (χ2n) is 4.92. The summed E-state index contributed by atoms with van der Waals surface area (Å²) in [5, 5.41) is 8.71. The summed E-state index contributed by atoms with van der Waals surface area (Å²) in [6.45, 7) is 6.75. The van der Waals surface area contributed by atoms with Gasteiger partial charge in [-0.3, -0.25) is 9.80 Å². The highest BCUT2D eigenvalue weighted by atomic mass is 16.5. The lowest BCUT2D eigenvalue weighted by molar-refractivity contribution is 0.111. The van der Waals surface area contributed by atoms with Crippen LogP contribution in [0.15, 0.2) is 24.3 Å². The fourth-order valence-corrected chi connectivity index (χ4v) is 2.52. The molecule has 0 amide bonds. The molecule has 1 aromatic rings. The van der Waals surface area contributed by atoms with E-state index in [4.69, 9.17) is 10.00 Å². The molecule has 0 spiro atoms. The molecule has 0 radical (unpaired) electrons. The Labute approximate surface area is 115 Å². The van der Waals surface area contributed by atoms with E-state index in [9.17, 15) is 0 Å². The Hall–Kier alpha value is -1.57. The highest BCUT2D eigenvalue weighted by Gasteiger charge is 2.21. The topological polar surface area (TPSA) is 39.5 Å². The molecule has 1 aromatic carbocycles. The second-order valence-corrected chi connectivity index (χ2v) is 4.92. The van der Waals surface area contributed by atoms with E-state index in [1.54, 1.807) is 7.11 Å². The molecule has 0 saturated carbocycles. The normalized spacial score (nSPS) is 18.8. The molecule has 2 rings (SSSR count). The molecule has 4 nitrogen and oxygen atoms in total. The second kappa shape index (κ2) is 6.55. The maximum atomic E-state index is 8.71. The summed E-state index contributed by atoms with van der Waals surface area (Å²) in [5.74, 6) is 0.910. The van der Waals surface area contributed by atoms with E-state index >= 15 is 0 Å². The molecule has 19 heavy (non-hydrogen) atoms. The number of methoxy groups -OCH3 is 1. The maximum Gasteiger partial charge on any atom is 0.119 e. The lowest BCUT2D eigenvalue weighted by Gasteiger charge is -2.37. The third-order valence-electron chi connectivity index (χ3n) is 3.83. The van der Waals surface area contributed by atoms with Gasteiger partial charge in [-0.2, -0.15) is 5.26 Å². The van der Waals surface area contributed by atoms with Gasteiger partial charge >= 0.3 is 0 Å². The summed E-state index contributed by atoms with van der Waals surface area (Å²) in [7, 11) is 1.70. The van der Waals surface area contributed by atoms with Crippen molar-refractivity contribution in [2.75, 3.05) is 39.8 Å². The van der Waals surface area contributed by atoms with E-state index in [2.05, 4.69) is 34.9 Å². The number of piperazine rings is 1. The van der Waals surface area contributed by atoms with Crippen molar-refractivity contribution in [3.05, 3.63) is 29.8 Å². The summed E-state index contributed by atoms with van der Waals surface area (Å²) >= 11 is 0. The Morgan fingerprint density at radius 2 is 2.05 bits per heavy atom. The number of benzene rings is 1. The molecule has 1 aliphatic heterocycles. The first-order valence-electron chi connectivity index (χ1n) is 6.72. The van der Waals surface area contributed by atoms with Gasteiger partial charge in [0, 0.05) is 32.2 Å². The molecule has 1 unspecified atom stereocenters. The summed E-state index contributed by atoms with van der Waals surface area (Å²) in [5.41, 5.74) is 1.29. The molecule has 0 aliphatic carbocycles. The average Bonchev–Trinajstić information content (AvgIpc) is 2.48. The fraction of sp³-hybridized carbons (Fsp3) is 0.533. The zero-order chi connectivity index (χ0) is 13.7. The van der Waals surface area contributed by atoms with Gasteiger partial charge in [-0.05, 0) is 24.6 Å². The number of nitriles is 1. The summed E-state index contributed by atoms with van der Waals surface area (Å²) in [6, 6.07) is 10.9. The molecular formula is C15H21N3O. The molecular weight excluding hydrogens is 238 g/mol. The average molecular weight is 259 g/mol. The predicted molar refractivity (Wildman–Crippen MR) is 75.0 cm³/mol. The number of ether oxygens (including phenoxy) is 1. The van der Waals surface area contributed by atoms with Crippen LogP contribution in [0.1, 0.15) is 18.5 Å². The lowest BCUT2D eigenvalue weighted by Crippen LogP contribution is -2.47. The Balaban J connectivity index is 1.97. The van der Waals surface area contributed by atoms with Crippen LogP contribution in [0.4, 0.5) is 0 Å². The first-order chi connectivity index (χ1) is 9.24. The molecule has 1 aliphatic rings. The standard InChI is InChI=1S/C15H21N3O/c1-13(14-4-3-5-15(12-14)19-2)18-10-8-17(7-6-16)9-11-18/h3-5,12-13H,7-11H2,1-2H3. The predicted octanol–water partition coefficient (Wildman–Crippen LogP) is 1.90. The van der Waals surface area contributed by atoms with Gasteiger partial charge in [0.2, 0.25) is 0 Å². The van der Waals surface area contributed by atoms with E-state index in [0.717, 1.165) is 31.9 Å². The highest BCUT2D eigenvalue weighted by molar-refractivity contribution is 5.30. The van der Waals surface area contributed by atoms with Gasteiger partial charge in [-0.1, -0.05) is 12.1 Å². The molecule has 0 bridgehead atoms. The van der Waals surface area contributed by atoms with Gasteiger partial charge in [0.15, 0.2) is 0 Å². The molecule has 4 heteroatoms. The van der Waals surface area contributed by atoms with E-state index < -0.39 is 0 Å². The van der Waals surface area contributed by atoms with Crippen LogP contribution in [0.2, 0.25) is 0 Å². The van der Waals surface area contributed by atoms with Gasteiger partial charge in [0.05, 0.1) is 19.7 Å². The number of rotatable bonds is 4. The van der Waals surface area contributed by atoms with Gasteiger partial charge < -0.3 is 4.74 Å². The SMILES string of the molecule is COc1cccc(C(C)N2CCN(CC#N)CC2)c1. The van der Waals surface area contributed by atoms with Crippen LogP contribution in [-0.4, -0.2) is 49.6 Å². The third-order valence-corrected chi connectivity index (χ3v) is 3.83. The van der Waals surface area contributed by atoms with Gasteiger partial charge in [0.1, 0.15) is 5.75 Å². The van der Waals surface area contributed by atoms with Crippen molar-refractivity contribution in [1.82, 2.24) is 9.80 Å². The van der Waals surface area contributed by atoms with Crippen LogP contribution >= 0.6 is 0 Å². The van der Waals surface area contributed by atoms with Crippen LogP contribution in [0.5, 0.6) is 5.75 Å². The maximum absolute atomic E-state index is 8.71.